The van der Waals surface area contributed by atoms with Gasteiger partial charge in [-0.25, -0.2) is 4.79 Å². The third-order valence-corrected chi connectivity index (χ3v) is 2.22. The summed E-state index contributed by atoms with van der Waals surface area (Å²) in [5, 5.41) is 11.2. The zero-order valence-corrected chi connectivity index (χ0v) is 9.90. The molecule has 16 heavy (non-hydrogen) atoms. The molecule has 0 spiro atoms. The lowest BCUT2D eigenvalue weighted by Crippen LogP contribution is -2.27. The standard InChI is InChI=1S/C9H11N3O3S/c1-9(2,3)15-8(14)11-7-5(4-10)6(13)12-16-7/h1-3H3,(H,11,14)(H,12,13). The van der Waals surface area contributed by atoms with Gasteiger partial charge in [-0.1, -0.05) is 0 Å². The summed E-state index contributed by atoms with van der Waals surface area (Å²) in [6, 6.07) is 1.71. The molecule has 1 rings (SSSR count). The number of aromatic amines is 1. The van der Waals surface area contributed by atoms with E-state index in [1.165, 1.54) is 0 Å². The fourth-order valence-electron chi connectivity index (χ4n) is 0.888. The quantitative estimate of drug-likeness (QED) is 0.781. The Morgan fingerprint density at radius 2 is 2.19 bits per heavy atom. The third kappa shape index (κ3) is 3.10. The van der Waals surface area contributed by atoms with Crippen LogP contribution in [-0.2, 0) is 4.74 Å². The molecule has 0 saturated carbocycles. The molecule has 1 heterocycles. The average molecular weight is 241 g/mol. The van der Waals surface area contributed by atoms with Crippen LogP contribution in [0.1, 0.15) is 26.3 Å². The van der Waals surface area contributed by atoms with Gasteiger partial charge in [-0.2, -0.15) is 5.26 Å². The van der Waals surface area contributed by atoms with E-state index in [2.05, 4.69) is 9.69 Å². The minimum atomic E-state index is -0.695. The fourth-order valence-corrected chi connectivity index (χ4v) is 1.56. The summed E-state index contributed by atoms with van der Waals surface area (Å²) in [5.41, 5.74) is -1.26. The smallest absolute Gasteiger partial charge is 0.412 e. The van der Waals surface area contributed by atoms with Crippen LogP contribution in [-0.4, -0.2) is 16.1 Å². The Hall–Kier alpha value is -1.81. The second-order valence-electron chi connectivity index (χ2n) is 3.98. The maximum atomic E-state index is 11.4. The molecule has 0 radical (unpaired) electrons. The molecular formula is C9H11N3O3S. The highest BCUT2D eigenvalue weighted by Crippen LogP contribution is 2.17. The van der Waals surface area contributed by atoms with Crippen molar-refractivity contribution in [1.82, 2.24) is 4.37 Å². The Morgan fingerprint density at radius 3 is 2.69 bits per heavy atom. The highest BCUT2D eigenvalue weighted by molar-refractivity contribution is 7.10. The number of hydrogen-bond acceptors (Lipinski definition) is 5. The first-order valence-electron chi connectivity index (χ1n) is 4.45. The van der Waals surface area contributed by atoms with Gasteiger partial charge in [-0.05, 0) is 32.3 Å². The Kier molecular flexibility index (Phi) is 3.34. The van der Waals surface area contributed by atoms with Crippen LogP contribution < -0.4 is 10.9 Å². The molecule has 0 aliphatic carbocycles. The lowest BCUT2D eigenvalue weighted by Gasteiger charge is -2.19. The number of aromatic nitrogens is 1. The predicted molar refractivity (Wildman–Crippen MR) is 59.5 cm³/mol. The molecule has 1 aromatic heterocycles. The first kappa shape index (κ1) is 12.3. The van der Waals surface area contributed by atoms with Crippen LogP contribution in [0, 0.1) is 11.3 Å². The Morgan fingerprint density at radius 1 is 1.56 bits per heavy atom. The molecule has 0 saturated heterocycles. The lowest BCUT2D eigenvalue weighted by atomic mass is 10.2. The SMILES string of the molecule is CC(C)(C)OC(=O)Nc1s[nH]c(=O)c1C#N. The van der Waals surface area contributed by atoms with Gasteiger partial charge in [0.15, 0.2) is 5.56 Å². The van der Waals surface area contributed by atoms with Crippen molar-refractivity contribution < 1.29 is 9.53 Å². The van der Waals surface area contributed by atoms with Gasteiger partial charge < -0.3 is 4.74 Å². The molecule has 0 bridgehead atoms. The Balaban J connectivity index is 2.79. The van der Waals surface area contributed by atoms with Gasteiger partial charge in [0.1, 0.15) is 16.7 Å². The predicted octanol–water partition coefficient (Wildman–Crippen LogP) is 1.66. The zero-order chi connectivity index (χ0) is 12.3. The lowest BCUT2D eigenvalue weighted by molar-refractivity contribution is 0.0636. The van der Waals surface area contributed by atoms with E-state index in [1.54, 1.807) is 26.8 Å². The minimum absolute atomic E-state index is 0.115. The first-order chi connectivity index (χ1) is 7.33. The summed E-state index contributed by atoms with van der Waals surface area (Å²) in [5.74, 6) is 0. The Labute approximate surface area is 96.0 Å². The fraction of sp³-hybridized carbons (Fsp3) is 0.444. The number of anilines is 1. The number of carbonyl (C=O) groups excluding carboxylic acids is 1. The number of rotatable bonds is 1. The molecule has 7 heteroatoms. The molecule has 0 aliphatic rings. The monoisotopic (exact) mass is 241 g/mol. The van der Waals surface area contributed by atoms with E-state index >= 15 is 0 Å². The van der Waals surface area contributed by atoms with E-state index in [-0.39, 0.29) is 10.6 Å². The molecule has 6 nitrogen and oxygen atoms in total. The molecule has 0 fully saturated rings. The molecule has 1 amide bonds. The van der Waals surface area contributed by atoms with Gasteiger partial charge in [0, 0.05) is 0 Å². The maximum Gasteiger partial charge on any atom is 0.412 e. The van der Waals surface area contributed by atoms with Gasteiger partial charge in [0.25, 0.3) is 5.56 Å². The van der Waals surface area contributed by atoms with Crippen molar-refractivity contribution in [2.45, 2.75) is 26.4 Å². The van der Waals surface area contributed by atoms with Crippen LogP contribution in [0.3, 0.4) is 0 Å². The van der Waals surface area contributed by atoms with Crippen molar-refractivity contribution in [3.05, 3.63) is 15.9 Å². The normalized spacial score (nSPS) is 10.6. The number of amides is 1. The molecule has 0 aliphatic heterocycles. The van der Waals surface area contributed by atoms with Crippen molar-refractivity contribution in [3.8, 4) is 6.07 Å². The van der Waals surface area contributed by atoms with Crippen LogP contribution >= 0.6 is 11.5 Å². The maximum absolute atomic E-state index is 11.4. The number of nitrogens with one attached hydrogen (secondary N) is 2. The topological polar surface area (TPSA) is 95.0 Å². The summed E-state index contributed by atoms with van der Waals surface area (Å²) in [4.78, 5) is 22.4. The van der Waals surface area contributed by atoms with E-state index in [1.807, 2.05) is 0 Å². The number of nitriles is 1. The summed E-state index contributed by atoms with van der Waals surface area (Å²) in [6.45, 7) is 5.16. The van der Waals surface area contributed by atoms with E-state index in [9.17, 15) is 9.59 Å². The molecule has 2 N–H and O–H groups in total. The van der Waals surface area contributed by atoms with E-state index in [4.69, 9.17) is 10.00 Å². The van der Waals surface area contributed by atoms with Crippen LogP contribution in [0.2, 0.25) is 0 Å². The van der Waals surface area contributed by atoms with Crippen molar-refractivity contribution in [2.24, 2.45) is 0 Å². The zero-order valence-electron chi connectivity index (χ0n) is 9.08. The molecule has 0 atom stereocenters. The van der Waals surface area contributed by atoms with Gasteiger partial charge in [0.2, 0.25) is 0 Å². The van der Waals surface area contributed by atoms with Crippen LogP contribution in [0.25, 0.3) is 0 Å². The molecule has 0 unspecified atom stereocenters. The van der Waals surface area contributed by atoms with Crippen LogP contribution in [0.4, 0.5) is 9.80 Å². The van der Waals surface area contributed by atoms with E-state index in [0.717, 1.165) is 11.5 Å². The molecule has 86 valence electrons. The number of carbonyl (C=O) groups is 1. The number of ether oxygens (including phenoxy) is 1. The Bertz CT molecular complexity index is 489. The summed E-state index contributed by atoms with van der Waals surface area (Å²) in [7, 11) is 0. The van der Waals surface area contributed by atoms with Crippen molar-refractivity contribution in [1.29, 1.82) is 5.26 Å². The van der Waals surface area contributed by atoms with Crippen molar-refractivity contribution >= 4 is 22.6 Å². The van der Waals surface area contributed by atoms with Crippen LogP contribution in [0.5, 0.6) is 0 Å². The van der Waals surface area contributed by atoms with Gasteiger partial charge in [0.05, 0.1) is 0 Å². The van der Waals surface area contributed by atoms with E-state index < -0.39 is 17.3 Å². The molecule has 0 aromatic carbocycles. The molecule has 1 aromatic rings. The number of H-pyrrole nitrogens is 1. The highest BCUT2D eigenvalue weighted by atomic mass is 32.1. The summed E-state index contributed by atoms with van der Waals surface area (Å²) in [6.07, 6.45) is -0.695. The van der Waals surface area contributed by atoms with E-state index in [0.29, 0.717) is 0 Å². The van der Waals surface area contributed by atoms with Crippen LogP contribution in [0.15, 0.2) is 4.79 Å². The largest absolute Gasteiger partial charge is 0.444 e. The van der Waals surface area contributed by atoms with Gasteiger partial charge >= 0.3 is 6.09 Å². The number of nitrogens with zero attached hydrogens (tertiary/aromatic N) is 1. The van der Waals surface area contributed by atoms with Gasteiger partial charge in [-0.3, -0.25) is 14.5 Å². The third-order valence-electron chi connectivity index (χ3n) is 1.43. The summed E-state index contributed by atoms with van der Waals surface area (Å²) >= 11 is 0.883. The highest BCUT2D eigenvalue weighted by Gasteiger charge is 2.19. The summed E-state index contributed by atoms with van der Waals surface area (Å²) < 4.78 is 7.33. The number of hydrogen-bond donors (Lipinski definition) is 2. The average Bonchev–Trinajstić information content (AvgIpc) is 2.43. The van der Waals surface area contributed by atoms with Crippen molar-refractivity contribution in [3.63, 3.8) is 0 Å². The first-order valence-corrected chi connectivity index (χ1v) is 5.26. The second-order valence-corrected chi connectivity index (χ2v) is 4.79. The second kappa shape index (κ2) is 4.37. The minimum Gasteiger partial charge on any atom is -0.444 e. The van der Waals surface area contributed by atoms with Crippen molar-refractivity contribution in [2.75, 3.05) is 5.32 Å². The van der Waals surface area contributed by atoms with Gasteiger partial charge in [-0.15, -0.1) is 0 Å². The molecular weight excluding hydrogens is 230 g/mol.